The molecule has 0 aromatic heterocycles. The number of hydrogen-bond donors (Lipinski definition) is 4. The van der Waals surface area contributed by atoms with Crippen LogP contribution in [0.1, 0.15) is 25.7 Å². The summed E-state index contributed by atoms with van der Waals surface area (Å²) >= 11 is 0. The van der Waals surface area contributed by atoms with Crippen LogP contribution in [0.25, 0.3) is 0 Å². The van der Waals surface area contributed by atoms with Crippen LogP contribution in [0, 0.1) is 5.92 Å². The lowest BCUT2D eigenvalue weighted by atomic mass is 9.85. The molecule has 1 aliphatic rings. The molecule has 0 heterocycles. The average Bonchev–Trinajstić information content (AvgIpc) is 2.23. The monoisotopic (exact) mass is 253 g/mol. The van der Waals surface area contributed by atoms with Crippen molar-refractivity contribution in [3.8, 4) is 0 Å². The number of nitrogens with one attached hydrogen (secondary N) is 1. The molecule has 0 amide bonds. The Morgan fingerprint density at radius 3 is 2.62 bits per heavy atom. The van der Waals surface area contributed by atoms with Crippen molar-refractivity contribution in [3.05, 3.63) is 0 Å². The lowest BCUT2D eigenvalue weighted by molar-refractivity contribution is 0.126. The van der Waals surface area contributed by atoms with E-state index in [0.29, 0.717) is 6.54 Å². The van der Waals surface area contributed by atoms with E-state index in [1.165, 1.54) is 0 Å². The van der Waals surface area contributed by atoms with Gasteiger partial charge in [-0.3, -0.25) is 4.52 Å². The molecule has 2 unspecified atom stereocenters. The molecule has 16 heavy (non-hydrogen) atoms. The third-order valence-electron chi connectivity index (χ3n) is 2.88. The molecular weight excluding hydrogens is 233 g/mol. The van der Waals surface area contributed by atoms with Crippen molar-refractivity contribution in [3.63, 3.8) is 0 Å². The summed E-state index contributed by atoms with van der Waals surface area (Å²) in [4.78, 5) is 17.3. The molecule has 6 nitrogen and oxygen atoms in total. The van der Waals surface area contributed by atoms with E-state index in [-0.39, 0.29) is 25.2 Å². The molecule has 0 spiro atoms. The zero-order valence-corrected chi connectivity index (χ0v) is 10.1. The first-order valence-corrected chi connectivity index (χ1v) is 7.10. The average molecular weight is 253 g/mol. The molecule has 0 saturated heterocycles. The number of aliphatic hydroxyl groups excluding tert-OH is 1. The lowest BCUT2D eigenvalue weighted by Gasteiger charge is -2.32. The van der Waals surface area contributed by atoms with Crippen LogP contribution in [-0.2, 0) is 9.09 Å². The van der Waals surface area contributed by atoms with Crippen LogP contribution >= 0.6 is 7.82 Å². The Morgan fingerprint density at radius 2 is 2.00 bits per heavy atom. The molecule has 1 aliphatic carbocycles. The summed E-state index contributed by atoms with van der Waals surface area (Å²) in [7, 11) is -4.36. The summed E-state index contributed by atoms with van der Waals surface area (Å²) in [6.45, 7) is 0.660. The largest absolute Gasteiger partial charge is 0.469 e. The summed E-state index contributed by atoms with van der Waals surface area (Å²) in [5.74, 6) is 0.118. The van der Waals surface area contributed by atoms with Gasteiger partial charge < -0.3 is 20.2 Å². The van der Waals surface area contributed by atoms with Crippen molar-refractivity contribution in [2.75, 3.05) is 19.8 Å². The van der Waals surface area contributed by atoms with Crippen molar-refractivity contribution in [2.45, 2.75) is 31.7 Å². The standard InChI is InChI=1S/C9H20NO5P/c11-6-5-10-9-4-2-1-3-8(9)7-15-16(12,13)14/h8-11H,1-7H2,(H2,12,13,14). The highest BCUT2D eigenvalue weighted by Crippen LogP contribution is 2.38. The third kappa shape index (κ3) is 5.39. The van der Waals surface area contributed by atoms with Crippen molar-refractivity contribution in [1.82, 2.24) is 5.32 Å². The highest BCUT2D eigenvalue weighted by molar-refractivity contribution is 7.46. The predicted octanol–water partition coefficient (Wildman–Crippen LogP) is 0.236. The van der Waals surface area contributed by atoms with Crippen LogP contribution < -0.4 is 5.32 Å². The van der Waals surface area contributed by atoms with Crippen LogP contribution in [-0.4, -0.2) is 40.7 Å². The van der Waals surface area contributed by atoms with E-state index in [9.17, 15) is 4.57 Å². The molecule has 0 radical (unpaired) electrons. The van der Waals surface area contributed by atoms with Crippen LogP contribution in [0.15, 0.2) is 0 Å². The summed E-state index contributed by atoms with van der Waals surface area (Å²) in [5, 5.41) is 11.9. The maximum absolute atomic E-state index is 10.6. The van der Waals surface area contributed by atoms with Crippen LogP contribution in [0.5, 0.6) is 0 Å². The Labute approximate surface area is 95.2 Å². The van der Waals surface area contributed by atoms with Gasteiger partial charge in [0.15, 0.2) is 0 Å². The highest BCUT2D eigenvalue weighted by atomic mass is 31.2. The number of hydrogen-bond acceptors (Lipinski definition) is 4. The van der Waals surface area contributed by atoms with Gasteiger partial charge in [-0.2, -0.15) is 0 Å². The molecular formula is C9H20NO5P. The second kappa shape index (κ2) is 6.69. The minimum atomic E-state index is -4.36. The van der Waals surface area contributed by atoms with E-state index in [1.807, 2.05) is 0 Å². The smallest absolute Gasteiger partial charge is 0.395 e. The molecule has 2 atom stereocenters. The summed E-state index contributed by atoms with van der Waals surface area (Å²) in [6.07, 6.45) is 4.04. The maximum atomic E-state index is 10.6. The van der Waals surface area contributed by atoms with Gasteiger partial charge in [0.25, 0.3) is 0 Å². The molecule has 0 aliphatic heterocycles. The normalized spacial score (nSPS) is 26.9. The lowest BCUT2D eigenvalue weighted by Crippen LogP contribution is -2.41. The van der Waals surface area contributed by atoms with E-state index in [0.717, 1.165) is 25.7 Å². The summed E-state index contributed by atoms with van der Waals surface area (Å²) < 4.78 is 15.1. The minimum Gasteiger partial charge on any atom is -0.395 e. The van der Waals surface area contributed by atoms with Gasteiger partial charge in [-0.1, -0.05) is 12.8 Å². The minimum absolute atomic E-state index is 0.0720. The van der Waals surface area contributed by atoms with Gasteiger partial charge in [-0.05, 0) is 18.8 Å². The van der Waals surface area contributed by atoms with E-state index in [2.05, 4.69) is 9.84 Å². The van der Waals surface area contributed by atoms with Gasteiger partial charge >= 0.3 is 7.82 Å². The Balaban J connectivity index is 2.37. The summed E-state index contributed by atoms with van der Waals surface area (Å²) in [6, 6.07) is 0.187. The van der Waals surface area contributed by atoms with Crippen molar-refractivity contribution in [1.29, 1.82) is 0 Å². The van der Waals surface area contributed by atoms with Gasteiger partial charge in [0, 0.05) is 12.6 Å². The van der Waals surface area contributed by atoms with Crippen molar-refractivity contribution < 1.29 is 24.0 Å². The zero-order valence-electron chi connectivity index (χ0n) is 9.21. The van der Waals surface area contributed by atoms with Crippen LogP contribution in [0.3, 0.4) is 0 Å². The van der Waals surface area contributed by atoms with Gasteiger partial charge in [0.1, 0.15) is 0 Å². The third-order valence-corrected chi connectivity index (χ3v) is 3.37. The molecule has 0 aromatic carbocycles. The van der Waals surface area contributed by atoms with Gasteiger partial charge in [0.05, 0.1) is 13.2 Å². The fraction of sp³-hybridized carbons (Fsp3) is 1.00. The molecule has 0 aromatic rings. The zero-order chi connectivity index (χ0) is 12.0. The highest BCUT2D eigenvalue weighted by Gasteiger charge is 2.27. The second-order valence-corrected chi connectivity index (χ2v) is 5.35. The number of rotatable bonds is 6. The van der Waals surface area contributed by atoms with E-state index >= 15 is 0 Å². The molecule has 4 N–H and O–H groups in total. The van der Waals surface area contributed by atoms with E-state index < -0.39 is 7.82 Å². The Hall–Kier alpha value is 0.0300. The SMILES string of the molecule is O=P(O)(O)OCC1CCCCC1NCCO. The molecule has 0 bridgehead atoms. The van der Waals surface area contributed by atoms with Crippen LogP contribution in [0.4, 0.5) is 0 Å². The van der Waals surface area contributed by atoms with E-state index in [1.54, 1.807) is 0 Å². The van der Waals surface area contributed by atoms with Gasteiger partial charge in [-0.15, -0.1) is 0 Å². The number of aliphatic hydroxyl groups is 1. The summed E-state index contributed by atoms with van der Waals surface area (Å²) in [5.41, 5.74) is 0. The molecule has 1 rings (SSSR count). The van der Waals surface area contributed by atoms with E-state index in [4.69, 9.17) is 14.9 Å². The van der Waals surface area contributed by atoms with Crippen molar-refractivity contribution in [2.24, 2.45) is 5.92 Å². The van der Waals surface area contributed by atoms with Gasteiger partial charge in [-0.25, -0.2) is 4.57 Å². The number of phosphoric ester groups is 1. The Morgan fingerprint density at radius 1 is 1.31 bits per heavy atom. The topological polar surface area (TPSA) is 99.0 Å². The number of phosphoric acid groups is 1. The molecule has 1 saturated carbocycles. The Kier molecular flexibility index (Phi) is 5.89. The predicted molar refractivity (Wildman–Crippen MR) is 58.8 cm³/mol. The van der Waals surface area contributed by atoms with Crippen molar-refractivity contribution >= 4 is 7.82 Å². The van der Waals surface area contributed by atoms with Gasteiger partial charge in [0.2, 0.25) is 0 Å². The first-order valence-electron chi connectivity index (χ1n) is 5.57. The fourth-order valence-corrected chi connectivity index (χ4v) is 2.50. The fourth-order valence-electron chi connectivity index (χ4n) is 2.12. The quantitative estimate of drug-likeness (QED) is 0.506. The molecule has 1 fully saturated rings. The first kappa shape index (κ1) is 14.1. The molecule has 7 heteroatoms. The maximum Gasteiger partial charge on any atom is 0.469 e. The first-order chi connectivity index (χ1) is 7.53. The Bertz CT molecular complexity index is 244. The second-order valence-electron chi connectivity index (χ2n) is 4.12. The van der Waals surface area contributed by atoms with Crippen LogP contribution in [0.2, 0.25) is 0 Å². The molecule has 96 valence electrons.